The van der Waals surface area contributed by atoms with Crippen LogP contribution in [-0.2, 0) is 26.5 Å². The largest absolute Gasteiger partial charge is 0.496 e. The molecule has 6 heteroatoms. The first kappa shape index (κ1) is 48.8. The van der Waals surface area contributed by atoms with Crippen LogP contribution in [0.15, 0.2) is 127 Å². The van der Waals surface area contributed by atoms with E-state index in [0.29, 0.717) is 0 Å². The summed E-state index contributed by atoms with van der Waals surface area (Å²) in [6.07, 6.45) is 0. The summed E-state index contributed by atoms with van der Waals surface area (Å²) in [7, 11) is 3.55. The van der Waals surface area contributed by atoms with Gasteiger partial charge in [0.25, 0.3) is 0 Å². The number of aryl methyl sites for hydroxylation is 2. The molecule has 0 saturated heterocycles. The van der Waals surface area contributed by atoms with Crippen LogP contribution in [0.5, 0.6) is 11.5 Å². The quantitative estimate of drug-likeness (QED) is 0.177. The number of carbonyl (C=O) groups excluding carboxylic acids is 1. The van der Waals surface area contributed by atoms with Gasteiger partial charge in [-0.2, -0.15) is 0 Å². The fraction of sp³-hybridized carbons (Fsp3) is 0.290. The van der Waals surface area contributed by atoms with E-state index in [9.17, 15) is 4.79 Å². The summed E-state index contributed by atoms with van der Waals surface area (Å²) in [6.45, 7) is 28.7. The van der Waals surface area contributed by atoms with Crippen molar-refractivity contribution in [2.24, 2.45) is 0 Å². The van der Waals surface area contributed by atoms with Crippen molar-refractivity contribution in [3.05, 3.63) is 177 Å². The molecule has 0 unspecified atom stereocenters. The molecule has 0 aliphatic heterocycles. The van der Waals surface area contributed by atoms with Crippen molar-refractivity contribution in [2.75, 3.05) is 14.2 Å². The molecule has 8 aromatic carbocycles. The zero-order valence-electron chi connectivity index (χ0n) is 47.3. The Morgan fingerprint density at radius 2 is 1.07 bits per heavy atom. The van der Waals surface area contributed by atoms with Crippen LogP contribution in [0, 0.1) is 13.8 Å². The molecule has 75 heavy (non-hydrogen) atoms. The second-order valence-corrected chi connectivity index (χ2v) is 24.8. The molecule has 0 fully saturated rings. The second-order valence-electron chi connectivity index (χ2n) is 24.4. The summed E-state index contributed by atoms with van der Waals surface area (Å²) in [4.78, 5) is 9.62. The Kier molecular flexibility index (Phi) is 11.2. The van der Waals surface area contributed by atoms with Gasteiger partial charge < -0.3 is 23.2 Å². The number of hydrogen-bond acceptors (Lipinski definition) is 3. The number of rotatable bonds is 3. The third-order valence-corrected chi connectivity index (χ3v) is 16.6. The van der Waals surface area contributed by atoms with Crippen molar-refractivity contribution >= 4 is 77.0 Å². The lowest BCUT2D eigenvalue weighted by Crippen LogP contribution is -2.20. The third-order valence-electron chi connectivity index (χ3n) is 16.3. The monoisotopic (exact) mass is 1010 g/mol. The van der Waals surface area contributed by atoms with Crippen molar-refractivity contribution in [1.29, 1.82) is 0 Å². The number of ether oxygens (including phenoxy) is 2. The Balaban J connectivity index is 0.000000149. The summed E-state index contributed by atoms with van der Waals surface area (Å²) in [5.41, 5.74) is 20.4. The highest BCUT2D eigenvalue weighted by Gasteiger charge is 2.44. The van der Waals surface area contributed by atoms with E-state index in [4.69, 9.17) is 22.4 Å². The van der Waals surface area contributed by atoms with Crippen LogP contribution in [0.3, 0.4) is 0 Å². The van der Waals surface area contributed by atoms with Gasteiger partial charge in [-0.1, -0.05) is 171 Å². The molecule has 5 nitrogen and oxygen atoms in total. The number of benzene rings is 8. The van der Waals surface area contributed by atoms with Crippen LogP contribution in [0.1, 0.15) is 129 Å². The second kappa shape index (κ2) is 17.2. The molecule has 2 aliphatic carbocycles. The van der Waals surface area contributed by atoms with E-state index in [-0.39, 0.29) is 34.3 Å². The number of ketones is 1. The van der Waals surface area contributed by atoms with Crippen LogP contribution < -0.4 is 9.47 Å². The van der Waals surface area contributed by atoms with Gasteiger partial charge in [0.05, 0.1) is 46.6 Å². The van der Waals surface area contributed by atoms with E-state index >= 15 is 0 Å². The Hall–Kier alpha value is -7.08. The average Bonchev–Trinajstić information content (AvgIpc) is 4.32. The van der Waals surface area contributed by atoms with Crippen LogP contribution in [0.2, 0.25) is 5.02 Å². The van der Waals surface area contributed by atoms with Crippen molar-refractivity contribution in [3.8, 4) is 39.4 Å². The average molecular weight is 1010 g/mol. The summed E-state index contributed by atoms with van der Waals surface area (Å²) in [5, 5.41) is 10.7. The summed E-state index contributed by atoms with van der Waals surface area (Å²) in [6, 6.07) is 47.3. The molecule has 11 aromatic rings. The van der Waals surface area contributed by atoms with Gasteiger partial charge in [-0.05, 0) is 142 Å². The molecule has 0 spiro atoms. The normalized spacial score (nSPS) is 14.4. The minimum Gasteiger partial charge on any atom is -0.496 e. The Labute approximate surface area is 448 Å². The molecular formula is C69H69ClN2O3. The minimum absolute atomic E-state index is 0.0538. The number of hydrogen-bond donors (Lipinski definition) is 0. The smallest absolute Gasteiger partial charge is 0.128 e. The molecule has 0 atom stereocenters. The van der Waals surface area contributed by atoms with Crippen molar-refractivity contribution in [1.82, 2.24) is 8.97 Å². The van der Waals surface area contributed by atoms with Crippen LogP contribution >= 0.6 is 11.6 Å². The number of methoxy groups -OCH3 is 2. The van der Waals surface area contributed by atoms with Crippen molar-refractivity contribution in [2.45, 2.75) is 119 Å². The van der Waals surface area contributed by atoms with Gasteiger partial charge >= 0.3 is 0 Å². The van der Waals surface area contributed by atoms with Gasteiger partial charge in [-0.15, -0.1) is 0 Å². The zero-order chi connectivity index (χ0) is 54.3. The molecule has 2 aliphatic rings. The fourth-order valence-corrected chi connectivity index (χ4v) is 12.8. The highest BCUT2D eigenvalue weighted by molar-refractivity contribution is 6.36. The maximum atomic E-state index is 9.62. The predicted molar refractivity (Wildman–Crippen MR) is 318 cm³/mol. The SMILES string of the molecule is COc1ccc(Cl)c2c1c1c(n2-c2ccc3ccc(C)cc3c2)C(C)(C)c2ccc(C(C)(C)C)cc2-1.COc1ccc2c3cc4ccc(C)cc4cc3n3c4c(c1c23)-c1cc(C(C)(C)C)ccc1C4(C)C.[2H]CC(C)=O. The fourth-order valence-electron chi connectivity index (χ4n) is 12.6. The van der Waals surface area contributed by atoms with E-state index in [1.165, 1.54) is 123 Å². The molecule has 0 N–H and O–H groups in total. The molecule has 0 radical (unpaired) electrons. The first-order chi connectivity index (χ1) is 35.9. The Morgan fingerprint density at radius 1 is 0.560 bits per heavy atom. The zero-order valence-corrected chi connectivity index (χ0v) is 47.1. The lowest BCUT2D eigenvalue weighted by molar-refractivity contribution is -0.115. The van der Waals surface area contributed by atoms with Crippen molar-refractivity contribution < 1.29 is 15.6 Å². The van der Waals surface area contributed by atoms with E-state index in [1.54, 1.807) is 14.2 Å². The highest BCUT2D eigenvalue weighted by Crippen LogP contribution is 2.59. The number of Topliss-reactive ketones (excluding diaryl/α,β-unsaturated/α-hetero) is 1. The standard InChI is InChI=1S/C33H32ClNO.C33H31NO.C3H6O/c1-19-8-9-20-10-12-23(17-21(20)16-19)35-30-26(34)14-15-27(36-7)29(30)28-24-18-22(32(2,3)4)11-13-25(24)33(5,6)31(28)35;1-18-8-9-19-15-23-22-11-13-27(35-7)29-28-24-17-21(32(2,3)4)10-12-25(24)33(5,6)31(28)34(30(22)29)26(23)16-20(19)14-18;1-3(2)4/h8-18H,1-7H3;8-17H,1-7H3;1-2H3/i;;1D. The maximum Gasteiger partial charge on any atom is 0.128 e. The summed E-state index contributed by atoms with van der Waals surface area (Å²) < 4.78 is 23.2. The molecule has 3 heterocycles. The van der Waals surface area contributed by atoms with Gasteiger partial charge in [0, 0.05) is 51.2 Å². The highest BCUT2D eigenvalue weighted by atomic mass is 35.5. The molecule has 0 bridgehead atoms. The summed E-state index contributed by atoms with van der Waals surface area (Å²) >= 11 is 7.00. The van der Waals surface area contributed by atoms with Gasteiger partial charge in [-0.3, -0.25) is 0 Å². The number of nitrogens with zero attached hydrogens (tertiary/aromatic N) is 2. The van der Waals surface area contributed by atoms with Crippen LogP contribution in [0.25, 0.3) is 87.6 Å². The van der Waals surface area contributed by atoms with Gasteiger partial charge in [0.2, 0.25) is 0 Å². The predicted octanol–water partition coefficient (Wildman–Crippen LogP) is 18.7. The molecular weight excluding hydrogens is 940 g/mol. The molecule has 13 rings (SSSR count). The molecule has 380 valence electrons. The number of aromatic nitrogens is 2. The van der Waals surface area contributed by atoms with E-state index in [0.717, 1.165) is 33.1 Å². The van der Waals surface area contributed by atoms with Gasteiger partial charge in [-0.25, -0.2) is 0 Å². The van der Waals surface area contributed by atoms with Gasteiger partial charge in [0.1, 0.15) is 17.3 Å². The third kappa shape index (κ3) is 7.66. The van der Waals surface area contributed by atoms with Crippen LogP contribution in [0.4, 0.5) is 0 Å². The van der Waals surface area contributed by atoms with E-state index in [1.807, 2.05) is 12.1 Å². The molecule has 3 aromatic heterocycles. The lowest BCUT2D eigenvalue weighted by atomic mass is 9.81. The van der Waals surface area contributed by atoms with Crippen LogP contribution in [-0.4, -0.2) is 29.0 Å². The lowest BCUT2D eigenvalue weighted by Gasteiger charge is -2.26. The Bertz CT molecular complexity index is 4210. The van der Waals surface area contributed by atoms with Crippen molar-refractivity contribution in [3.63, 3.8) is 0 Å². The topological polar surface area (TPSA) is 44.9 Å². The first-order valence-electron chi connectivity index (χ1n) is 26.9. The first-order valence-corrected chi connectivity index (χ1v) is 26.6. The summed E-state index contributed by atoms with van der Waals surface area (Å²) in [5.74, 6) is 1.73. The maximum absolute atomic E-state index is 9.62. The Morgan fingerprint density at radius 3 is 1.63 bits per heavy atom. The van der Waals surface area contributed by atoms with Gasteiger partial charge in [0.15, 0.2) is 0 Å². The van der Waals surface area contributed by atoms with E-state index in [2.05, 4.69) is 207 Å². The number of carbonyl (C=O) groups is 1. The van der Waals surface area contributed by atoms with E-state index < -0.39 is 0 Å². The molecule has 0 saturated carbocycles. The minimum atomic E-state index is -0.212. The number of fused-ring (bicyclic) bond motifs is 15. The molecule has 0 amide bonds. The number of halogens is 1.